The highest BCUT2D eigenvalue weighted by molar-refractivity contribution is 6.30. The van der Waals surface area contributed by atoms with E-state index in [2.05, 4.69) is 15.5 Å². The van der Waals surface area contributed by atoms with E-state index in [1.807, 2.05) is 12.1 Å². The van der Waals surface area contributed by atoms with Crippen LogP contribution in [0.1, 0.15) is 22.1 Å². The first-order valence-electron chi connectivity index (χ1n) is 7.51. The lowest BCUT2D eigenvalue weighted by Crippen LogP contribution is -2.37. The largest absolute Gasteiger partial charge is 0.368 e. The summed E-state index contributed by atoms with van der Waals surface area (Å²) in [7, 11) is 0. The van der Waals surface area contributed by atoms with Gasteiger partial charge in [-0.05, 0) is 23.8 Å². The van der Waals surface area contributed by atoms with Gasteiger partial charge in [-0.3, -0.25) is 14.7 Å². The lowest BCUT2D eigenvalue weighted by atomic mass is 10.1. The number of H-pyrrole nitrogens is 1. The SMILES string of the molecule is NC(=O)[C@@H](NC(=O)c1cc(-c2cccc(Cl)c2)n[nH]1)c1ccccc1. The Balaban J connectivity index is 1.80. The normalized spacial score (nSPS) is 11.7. The number of benzene rings is 2. The van der Waals surface area contributed by atoms with Crippen molar-refractivity contribution in [2.45, 2.75) is 6.04 Å². The second-order valence-corrected chi connectivity index (χ2v) is 5.83. The molecule has 0 fully saturated rings. The van der Waals surface area contributed by atoms with E-state index in [4.69, 9.17) is 17.3 Å². The van der Waals surface area contributed by atoms with Gasteiger partial charge in [-0.1, -0.05) is 54.1 Å². The lowest BCUT2D eigenvalue weighted by molar-refractivity contribution is -0.120. The molecule has 0 radical (unpaired) electrons. The standard InChI is InChI=1S/C18H15ClN4O2/c19-13-8-4-7-12(9-13)14-10-15(23-22-14)18(25)21-16(17(20)24)11-5-2-1-3-6-11/h1-10,16H,(H2,20,24)(H,21,25)(H,22,23)/t16-/m0/s1. The fourth-order valence-electron chi connectivity index (χ4n) is 2.41. The summed E-state index contributed by atoms with van der Waals surface area (Å²) in [6.45, 7) is 0. The molecule has 4 N–H and O–H groups in total. The van der Waals surface area contributed by atoms with Crippen LogP contribution in [0.15, 0.2) is 60.7 Å². The van der Waals surface area contributed by atoms with Gasteiger partial charge in [0.15, 0.2) is 0 Å². The van der Waals surface area contributed by atoms with E-state index in [1.165, 1.54) is 0 Å². The van der Waals surface area contributed by atoms with Gasteiger partial charge in [-0.25, -0.2) is 0 Å². The molecule has 2 amide bonds. The van der Waals surface area contributed by atoms with Crippen LogP contribution in [-0.2, 0) is 4.79 Å². The van der Waals surface area contributed by atoms with Crippen molar-refractivity contribution in [1.82, 2.24) is 15.5 Å². The molecule has 1 aromatic heterocycles. The van der Waals surface area contributed by atoms with Crippen molar-refractivity contribution in [3.05, 3.63) is 76.9 Å². The van der Waals surface area contributed by atoms with Gasteiger partial charge in [0.2, 0.25) is 5.91 Å². The molecule has 25 heavy (non-hydrogen) atoms. The van der Waals surface area contributed by atoms with Crippen molar-refractivity contribution in [2.24, 2.45) is 5.73 Å². The molecular weight excluding hydrogens is 340 g/mol. The molecule has 2 aromatic carbocycles. The van der Waals surface area contributed by atoms with E-state index in [9.17, 15) is 9.59 Å². The summed E-state index contributed by atoms with van der Waals surface area (Å²) in [6.07, 6.45) is 0. The Bertz CT molecular complexity index is 908. The van der Waals surface area contributed by atoms with Gasteiger partial charge in [0.25, 0.3) is 5.91 Å². The number of hydrogen-bond acceptors (Lipinski definition) is 3. The molecule has 3 aromatic rings. The average molecular weight is 355 g/mol. The van der Waals surface area contributed by atoms with Gasteiger partial charge in [-0.2, -0.15) is 5.10 Å². The molecule has 0 unspecified atom stereocenters. The Hall–Kier alpha value is -3.12. The number of amides is 2. The van der Waals surface area contributed by atoms with Crippen molar-refractivity contribution >= 4 is 23.4 Å². The van der Waals surface area contributed by atoms with Crippen LogP contribution in [0.4, 0.5) is 0 Å². The summed E-state index contributed by atoms with van der Waals surface area (Å²) in [6, 6.07) is 16.6. The number of nitrogens with two attached hydrogens (primary N) is 1. The third-order valence-corrected chi connectivity index (χ3v) is 3.87. The highest BCUT2D eigenvalue weighted by Gasteiger charge is 2.22. The van der Waals surface area contributed by atoms with E-state index in [1.54, 1.807) is 48.5 Å². The molecular formula is C18H15ClN4O2. The number of nitrogens with zero attached hydrogens (tertiary/aromatic N) is 1. The predicted octanol–water partition coefficient (Wildman–Crippen LogP) is 2.69. The molecule has 0 saturated heterocycles. The number of aromatic amines is 1. The number of carbonyl (C=O) groups is 2. The maximum absolute atomic E-state index is 12.4. The number of primary amides is 1. The number of hydrogen-bond donors (Lipinski definition) is 3. The minimum Gasteiger partial charge on any atom is -0.368 e. The first kappa shape index (κ1) is 16.7. The van der Waals surface area contributed by atoms with E-state index in [-0.39, 0.29) is 5.69 Å². The summed E-state index contributed by atoms with van der Waals surface area (Å²) in [4.78, 5) is 24.1. The average Bonchev–Trinajstić information content (AvgIpc) is 3.10. The molecule has 0 saturated carbocycles. The maximum atomic E-state index is 12.4. The summed E-state index contributed by atoms with van der Waals surface area (Å²) in [5.41, 5.74) is 7.59. The fourth-order valence-corrected chi connectivity index (χ4v) is 2.60. The van der Waals surface area contributed by atoms with Gasteiger partial charge in [0.05, 0.1) is 5.69 Å². The monoisotopic (exact) mass is 354 g/mol. The Morgan fingerprint density at radius 2 is 1.84 bits per heavy atom. The van der Waals surface area contributed by atoms with Gasteiger partial charge < -0.3 is 11.1 Å². The Morgan fingerprint density at radius 1 is 1.08 bits per heavy atom. The van der Waals surface area contributed by atoms with Crippen molar-refractivity contribution in [3.63, 3.8) is 0 Å². The number of rotatable bonds is 5. The fraction of sp³-hybridized carbons (Fsp3) is 0.0556. The van der Waals surface area contributed by atoms with E-state index in [0.29, 0.717) is 16.3 Å². The zero-order valence-corrected chi connectivity index (χ0v) is 13.8. The van der Waals surface area contributed by atoms with Crippen molar-refractivity contribution in [3.8, 4) is 11.3 Å². The van der Waals surface area contributed by atoms with Gasteiger partial charge in [-0.15, -0.1) is 0 Å². The molecule has 1 atom stereocenters. The summed E-state index contributed by atoms with van der Waals surface area (Å²) >= 11 is 5.97. The molecule has 1 heterocycles. The minimum absolute atomic E-state index is 0.220. The van der Waals surface area contributed by atoms with E-state index < -0.39 is 17.9 Å². The second-order valence-electron chi connectivity index (χ2n) is 5.40. The lowest BCUT2D eigenvalue weighted by Gasteiger charge is -2.15. The molecule has 126 valence electrons. The molecule has 0 bridgehead atoms. The zero-order chi connectivity index (χ0) is 17.8. The minimum atomic E-state index is -0.924. The number of halogens is 1. The zero-order valence-electron chi connectivity index (χ0n) is 13.1. The molecule has 6 nitrogen and oxygen atoms in total. The van der Waals surface area contributed by atoms with Crippen LogP contribution >= 0.6 is 11.6 Å². The van der Waals surface area contributed by atoms with Gasteiger partial charge in [0, 0.05) is 10.6 Å². The number of carbonyl (C=O) groups excluding carboxylic acids is 2. The number of nitrogens with one attached hydrogen (secondary N) is 2. The molecule has 0 aliphatic carbocycles. The van der Waals surface area contributed by atoms with Crippen LogP contribution in [-0.4, -0.2) is 22.0 Å². The van der Waals surface area contributed by atoms with Crippen LogP contribution < -0.4 is 11.1 Å². The van der Waals surface area contributed by atoms with Crippen LogP contribution in [0.25, 0.3) is 11.3 Å². The Kier molecular flexibility index (Phi) is 4.81. The second kappa shape index (κ2) is 7.19. The van der Waals surface area contributed by atoms with Crippen LogP contribution in [0.2, 0.25) is 5.02 Å². The van der Waals surface area contributed by atoms with Crippen LogP contribution in [0, 0.1) is 0 Å². The molecule has 3 rings (SSSR count). The summed E-state index contributed by atoms with van der Waals surface area (Å²) < 4.78 is 0. The quantitative estimate of drug-likeness (QED) is 0.656. The third-order valence-electron chi connectivity index (χ3n) is 3.64. The molecule has 0 aliphatic rings. The van der Waals surface area contributed by atoms with Crippen molar-refractivity contribution < 1.29 is 9.59 Å². The molecule has 0 aliphatic heterocycles. The summed E-state index contributed by atoms with van der Waals surface area (Å²) in [5, 5.41) is 9.96. The van der Waals surface area contributed by atoms with E-state index >= 15 is 0 Å². The third kappa shape index (κ3) is 3.87. The highest BCUT2D eigenvalue weighted by Crippen LogP contribution is 2.21. The smallest absolute Gasteiger partial charge is 0.270 e. The number of aromatic nitrogens is 2. The Labute approximate surface area is 149 Å². The van der Waals surface area contributed by atoms with Gasteiger partial charge in [0.1, 0.15) is 11.7 Å². The predicted molar refractivity (Wildman–Crippen MR) is 94.9 cm³/mol. The maximum Gasteiger partial charge on any atom is 0.270 e. The topological polar surface area (TPSA) is 101 Å². The van der Waals surface area contributed by atoms with Crippen LogP contribution in [0.5, 0.6) is 0 Å². The summed E-state index contributed by atoms with van der Waals surface area (Å²) in [5.74, 6) is -1.12. The van der Waals surface area contributed by atoms with Crippen molar-refractivity contribution in [1.29, 1.82) is 0 Å². The molecule has 7 heteroatoms. The molecule has 0 spiro atoms. The first-order chi connectivity index (χ1) is 12.0. The Morgan fingerprint density at radius 3 is 2.52 bits per heavy atom. The van der Waals surface area contributed by atoms with Crippen molar-refractivity contribution in [2.75, 3.05) is 0 Å². The van der Waals surface area contributed by atoms with Gasteiger partial charge >= 0.3 is 0 Å². The highest BCUT2D eigenvalue weighted by atomic mass is 35.5. The first-order valence-corrected chi connectivity index (χ1v) is 7.89. The van der Waals surface area contributed by atoms with E-state index in [0.717, 1.165) is 5.56 Å². The van der Waals surface area contributed by atoms with Crippen LogP contribution in [0.3, 0.4) is 0 Å².